The minimum atomic E-state index is 0.580. The maximum absolute atomic E-state index is 5.99. The molecule has 1 heterocycles. The van der Waals surface area contributed by atoms with Crippen molar-refractivity contribution in [3.8, 4) is 17.1 Å². The molecule has 1 N–H and O–H groups in total. The van der Waals surface area contributed by atoms with E-state index in [0.29, 0.717) is 6.61 Å². The number of para-hydroxylation sites is 2. The number of ether oxygens (including phenoxy) is 1. The van der Waals surface area contributed by atoms with E-state index in [2.05, 4.69) is 42.9 Å². The first-order chi connectivity index (χ1) is 12.6. The Balaban J connectivity index is 1.50. The molecule has 0 saturated heterocycles. The molecule has 0 aliphatic rings. The zero-order valence-corrected chi connectivity index (χ0v) is 15.3. The molecule has 0 bridgehead atoms. The number of H-pyrrole nitrogens is 1. The zero-order chi connectivity index (χ0) is 18.1. The van der Waals surface area contributed by atoms with Gasteiger partial charge >= 0.3 is 0 Å². The molecule has 3 nitrogen and oxygen atoms in total. The van der Waals surface area contributed by atoms with Crippen molar-refractivity contribution >= 4 is 11.0 Å². The first kappa shape index (κ1) is 16.4. The number of rotatable bonds is 4. The Labute approximate surface area is 153 Å². The van der Waals surface area contributed by atoms with Crippen LogP contribution in [0.25, 0.3) is 22.4 Å². The van der Waals surface area contributed by atoms with Gasteiger partial charge in [0.25, 0.3) is 0 Å². The quantitative estimate of drug-likeness (QED) is 0.514. The van der Waals surface area contributed by atoms with Gasteiger partial charge in [-0.25, -0.2) is 4.98 Å². The first-order valence-corrected chi connectivity index (χ1v) is 8.85. The molecule has 0 spiro atoms. The molecule has 0 radical (unpaired) electrons. The summed E-state index contributed by atoms with van der Waals surface area (Å²) in [6.07, 6.45) is 0. The summed E-state index contributed by atoms with van der Waals surface area (Å²) in [5.74, 6) is 1.74. The Kier molecular flexibility index (Phi) is 4.21. The Hall–Kier alpha value is -3.07. The highest BCUT2D eigenvalue weighted by Gasteiger charge is 2.06. The fourth-order valence-electron chi connectivity index (χ4n) is 3.14. The van der Waals surface area contributed by atoms with E-state index in [4.69, 9.17) is 4.74 Å². The predicted molar refractivity (Wildman–Crippen MR) is 107 cm³/mol. The van der Waals surface area contributed by atoms with Crippen LogP contribution >= 0.6 is 0 Å². The fraction of sp³-hybridized carbons (Fsp3) is 0.174. The van der Waals surface area contributed by atoms with E-state index in [9.17, 15) is 0 Å². The molecule has 0 aliphatic heterocycles. The van der Waals surface area contributed by atoms with E-state index < -0.39 is 0 Å². The van der Waals surface area contributed by atoms with Gasteiger partial charge in [0, 0.05) is 5.56 Å². The van der Waals surface area contributed by atoms with Gasteiger partial charge in [-0.15, -0.1) is 0 Å². The highest BCUT2D eigenvalue weighted by molar-refractivity contribution is 5.79. The van der Waals surface area contributed by atoms with Crippen LogP contribution < -0.4 is 4.74 Å². The third-order valence-corrected chi connectivity index (χ3v) is 4.86. The van der Waals surface area contributed by atoms with Gasteiger partial charge in [0.15, 0.2) is 0 Å². The summed E-state index contributed by atoms with van der Waals surface area (Å²) in [6.45, 7) is 7.00. The minimum Gasteiger partial charge on any atom is -0.489 e. The van der Waals surface area contributed by atoms with Crippen molar-refractivity contribution in [1.29, 1.82) is 0 Å². The van der Waals surface area contributed by atoms with Crippen molar-refractivity contribution in [2.24, 2.45) is 0 Å². The van der Waals surface area contributed by atoms with Gasteiger partial charge in [-0.3, -0.25) is 0 Å². The van der Waals surface area contributed by atoms with E-state index in [1.807, 2.05) is 48.5 Å². The first-order valence-electron chi connectivity index (χ1n) is 8.85. The molecule has 0 aliphatic carbocycles. The van der Waals surface area contributed by atoms with Crippen LogP contribution in [0.3, 0.4) is 0 Å². The average molecular weight is 342 g/mol. The number of aromatic amines is 1. The predicted octanol–water partition coefficient (Wildman–Crippen LogP) is 5.73. The van der Waals surface area contributed by atoms with Crippen molar-refractivity contribution in [3.63, 3.8) is 0 Å². The molecule has 0 fully saturated rings. The molecule has 4 rings (SSSR count). The third-order valence-electron chi connectivity index (χ3n) is 4.86. The molecular weight excluding hydrogens is 320 g/mol. The van der Waals surface area contributed by atoms with Gasteiger partial charge in [0.2, 0.25) is 0 Å². The second-order valence-electron chi connectivity index (χ2n) is 6.78. The summed E-state index contributed by atoms with van der Waals surface area (Å²) >= 11 is 0. The molecule has 130 valence electrons. The molecule has 26 heavy (non-hydrogen) atoms. The smallest absolute Gasteiger partial charge is 0.138 e. The van der Waals surface area contributed by atoms with Crippen LogP contribution in [0.2, 0.25) is 0 Å². The van der Waals surface area contributed by atoms with Crippen LogP contribution in [-0.2, 0) is 6.61 Å². The number of fused-ring (bicyclic) bond motifs is 1. The Morgan fingerprint density at radius 1 is 0.846 bits per heavy atom. The number of hydrogen-bond donors (Lipinski definition) is 1. The maximum atomic E-state index is 5.99. The van der Waals surface area contributed by atoms with Crippen molar-refractivity contribution < 1.29 is 4.74 Å². The largest absolute Gasteiger partial charge is 0.489 e. The summed E-state index contributed by atoms with van der Waals surface area (Å²) in [5.41, 5.74) is 8.20. The summed E-state index contributed by atoms with van der Waals surface area (Å²) < 4.78 is 5.99. The van der Waals surface area contributed by atoms with Crippen LogP contribution in [0.5, 0.6) is 5.75 Å². The molecule has 0 atom stereocenters. The van der Waals surface area contributed by atoms with Crippen molar-refractivity contribution in [1.82, 2.24) is 9.97 Å². The van der Waals surface area contributed by atoms with E-state index >= 15 is 0 Å². The SMILES string of the molecule is Cc1cc(C)c(COc2ccc(-c3nc4ccccc4[nH]3)cc2)cc1C. The molecule has 0 saturated carbocycles. The second kappa shape index (κ2) is 6.68. The van der Waals surface area contributed by atoms with Gasteiger partial charge in [-0.05, 0) is 79.4 Å². The highest BCUT2D eigenvalue weighted by Crippen LogP contribution is 2.24. The zero-order valence-electron chi connectivity index (χ0n) is 15.3. The summed E-state index contributed by atoms with van der Waals surface area (Å²) in [5, 5.41) is 0. The van der Waals surface area contributed by atoms with Crippen molar-refractivity contribution in [2.45, 2.75) is 27.4 Å². The average Bonchev–Trinajstić information content (AvgIpc) is 3.08. The summed E-state index contributed by atoms with van der Waals surface area (Å²) in [6, 6.07) is 20.6. The van der Waals surface area contributed by atoms with E-state index in [0.717, 1.165) is 28.2 Å². The normalized spacial score (nSPS) is 11.0. The lowest BCUT2D eigenvalue weighted by Crippen LogP contribution is -1.99. The molecule has 4 aromatic rings. The van der Waals surface area contributed by atoms with Gasteiger partial charge in [-0.2, -0.15) is 0 Å². The van der Waals surface area contributed by atoms with E-state index in [1.165, 1.54) is 22.3 Å². The molecular formula is C23H22N2O. The molecule has 0 amide bonds. The molecule has 3 heteroatoms. The van der Waals surface area contributed by atoms with E-state index in [-0.39, 0.29) is 0 Å². The lowest BCUT2D eigenvalue weighted by molar-refractivity contribution is 0.305. The summed E-state index contributed by atoms with van der Waals surface area (Å²) in [7, 11) is 0. The number of aryl methyl sites for hydroxylation is 3. The number of benzene rings is 3. The van der Waals surface area contributed by atoms with Gasteiger partial charge in [0.05, 0.1) is 11.0 Å². The van der Waals surface area contributed by atoms with Gasteiger partial charge in [-0.1, -0.05) is 24.3 Å². The minimum absolute atomic E-state index is 0.580. The number of nitrogens with one attached hydrogen (secondary N) is 1. The van der Waals surface area contributed by atoms with Crippen LogP contribution in [0, 0.1) is 20.8 Å². The lowest BCUT2D eigenvalue weighted by atomic mass is 10.0. The fourth-order valence-corrected chi connectivity index (χ4v) is 3.14. The van der Waals surface area contributed by atoms with Gasteiger partial charge < -0.3 is 9.72 Å². The highest BCUT2D eigenvalue weighted by atomic mass is 16.5. The second-order valence-corrected chi connectivity index (χ2v) is 6.78. The molecule has 1 aromatic heterocycles. The third kappa shape index (κ3) is 3.21. The number of nitrogens with zero attached hydrogens (tertiary/aromatic N) is 1. The Bertz CT molecular complexity index is 1030. The van der Waals surface area contributed by atoms with Crippen LogP contribution in [-0.4, -0.2) is 9.97 Å². The van der Waals surface area contributed by atoms with Crippen molar-refractivity contribution in [2.75, 3.05) is 0 Å². The number of aromatic nitrogens is 2. The van der Waals surface area contributed by atoms with Crippen LogP contribution in [0.4, 0.5) is 0 Å². The maximum Gasteiger partial charge on any atom is 0.138 e. The standard InChI is InChI=1S/C23H22N2O/c1-15-12-17(3)19(13-16(15)2)14-26-20-10-8-18(9-11-20)23-24-21-6-4-5-7-22(21)25-23/h4-13H,14H2,1-3H3,(H,24,25). The number of imidazole rings is 1. The lowest BCUT2D eigenvalue weighted by Gasteiger charge is -2.11. The Morgan fingerprint density at radius 3 is 2.35 bits per heavy atom. The number of hydrogen-bond acceptors (Lipinski definition) is 2. The van der Waals surface area contributed by atoms with Crippen molar-refractivity contribution in [3.05, 3.63) is 82.9 Å². The summed E-state index contributed by atoms with van der Waals surface area (Å²) in [4.78, 5) is 8.00. The van der Waals surface area contributed by atoms with E-state index in [1.54, 1.807) is 0 Å². The van der Waals surface area contributed by atoms with Crippen LogP contribution in [0.15, 0.2) is 60.7 Å². The van der Waals surface area contributed by atoms with Gasteiger partial charge in [0.1, 0.15) is 18.2 Å². The molecule has 0 unspecified atom stereocenters. The monoisotopic (exact) mass is 342 g/mol. The molecule has 3 aromatic carbocycles. The van der Waals surface area contributed by atoms with Crippen LogP contribution in [0.1, 0.15) is 22.3 Å². The Morgan fingerprint density at radius 2 is 1.58 bits per heavy atom. The topological polar surface area (TPSA) is 37.9 Å².